The number of nitrogens with zero attached hydrogens (tertiary/aromatic N) is 3. The molecule has 186 valence electrons. The fourth-order valence-corrected chi connectivity index (χ4v) is 4.96. The lowest BCUT2D eigenvalue weighted by Gasteiger charge is -2.43. The van der Waals surface area contributed by atoms with Crippen LogP contribution in [0.3, 0.4) is 0 Å². The number of carbonyl (C=O) groups is 3. The number of nitrogens with one attached hydrogen (secondary N) is 1. The summed E-state index contributed by atoms with van der Waals surface area (Å²) in [5, 5.41) is 2.83. The van der Waals surface area contributed by atoms with Gasteiger partial charge in [-0.1, -0.05) is 44.2 Å². The first kappa shape index (κ1) is 24.7. The normalized spacial score (nSPS) is 17.4. The number of anilines is 1. The minimum absolute atomic E-state index is 0.0545. The van der Waals surface area contributed by atoms with Crippen molar-refractivity contribution in [3.05, 3.63) is 66.0 Å². The number of piperidine rings is 1. The Hall–Kier alpha value is -3.42. The average Bonchev–Trinajstić information content (AvgIpc) is 3.10. The number of hydrogen-bond donors (Lipinski definition) is 1. The molecular formula is C27H33FN4O3. The van der Waals surface area contributed by atoms with Crippen molar-refractivity contribution >= 4 is 23.4 Å². The molecule has 2 aliphatic heterocycles. The van der Waals surface area contributed by atoms with E-state index in [1.807, 2.05) is 49.1 Å². The Morgan fingerprint density at radius 3 is 2.31 bits per heavy atom. The van der Waals surface area contributed by atoms with Crippen LogP contribution in [0.5, 0.6) is 0 Å². The predicted molar refractivity (Wildman–Crippen MR) is 132 cm³/mol. The van der Waals surface area contributed by atoms with Crippen molar-refractivity contribution in [2.75, 3.05) is 31.2 Å². The SMILES string of the molecule is CC(C)CC(=O)N1CCC2(CC1)C(=O)N(CC(=O)NCc1ccc(F)cc1)CN2c1ccccc1. The van der Waals surface area contributed by atoms with Crippen LogP contribution in [0.1, 0.15) is 38.7 Å². The summed E-state index contributed by atoms with van der Waals surface area (Å²) in [5.74, 6) is -0.252. The lowest BCUT2D eigenvalue weighted by atomic mass is 9.85. The smallest absolute Gasteiger partial charge is 0.250 e. The first-order valence-electron chi connectivity index (χ1n) is 12.2. The number of para-hydroxylation sites is 1. The Morgan fingerprint density at radius 2 is 1.69 bits per heavy atom. The van der Waals surface area contributed by atoms with E-state index in [4.69, 9.17) is 0 Å². The van der Waals surface area contributed by atoms with E-state index in [1.54, 1.807) is 17.0 Å². The largest absolute Gasteiger partial charge is 0.350 e. The summed E-state index contributed by atoms with van der Waals surface area (Å²) in [4.78, 5) is 44.6. The van der Waals surface area contributed by atoms with Gasteiger partial charge in [0.15, 0.2) is 0 Å². The van der Waals surface area contributed by atoms with E-state index >= 15 is 0 Å². The van der Waals surface area contributed by atoms with Crippen LogP contribution in [0.15, 0.2) is 54.6 Å². The Balaban J connectivity index is 1.46. The number of benzene rings is 2. The molecule has 2 heterocycles. The van der Waals surface area contributed by atoms with Crippen LogP contribution in [-0.4, -0.2) is 59.4 Å². The van der Waals surface area contributed by atoms with Crippen LogP contribution in [0.2, 0.25) is 0 Å². The zero-order chi connectivity index (χ0) is 25.0. The maximum Gasteiger partial charge on any atom is 0.250 e. The molecule has 4 rings (SSSR count). The molecule has 0 aromatic heterocycles. The van der Waals surface area contributed by atoms with Gasteiger partial charge in [0.2, 0.25) is 11.8 Å². The molecule has 0 unspecified atom stereocenters. The highest BCUT2D eigenvalue weighted by atomic mass is 19.1. The quantitative estimate of drug-likeness (QED) is 0.661. The molecule has 0 aliphatic carbocycles. The van der Waals surface area contributed by atoms with Gasteiger partial charge in [0.1, 0.15) is 17.9 Å². The van der Waals surface area contributed by atoms with Crippen molar-refractivity contribution < 1.29 is 18.8 Å². The van der Waals surface area contributed by atoms with Crippen LogP contribution < -0.4 is 10.2 Å². The molecule has 2 fully saturated rings. The maximum atomic E-state index is 13.7. The molecule has 7 nitrogen and oxygen atoms in total. The number of rotatable bonds is 7. The van der Waals surface area contributed by atoms with Gasteiger partial charge >= 0.3 is 0 Å². The Kier molecular flexibility index (Phi) is 7.38. The van der Waals surface area contributed by atoms with Crippen LogP contribution >= 0.6 is 0 Å². The van der Waals surface area contributed by atoms with Gasteiger partial charge in [-0.3, -0.25) is 14.4 Å². The second-order valence-corrected chi connectivity index (χ2v) is 9.82. The topological polar surface area (TPSA) is 73.0 Å². The highest BCUT2D eigenvalue weighted by Gasteiger charge is 2.54. The van der Waals surface area contributed by atoms with Gasteiger partial charge in [-0.15, -0.1) is 0 Å². The number of hydrogen-bond acceptors (Lipinski definition) is 4. The molecule has 2 aromatic rings. The van der Waals surface area contributed by atoms with E-state index in [9.17, 15) is 18.8 Å². The molecular weight excluding hydrogens is 447 g/mol. The zero-order valence-electron chi connectivity index (χ0n) is 20.4. The minimum atomic E-state index is -0.771. The third-order valence-electron chi connectivity index (χ3n) is 6.85. The van der Waals surface area contributed by atoms with Crippen LogP contribution in [-0.2, 0) is 20.9 Å². The molecule has 0 radical (unpaired) electrons. The van der Waals surface area contributed by atoms with Gasteiger partial charge in [0.25, 0.3) is 5.91 Å². The second-order valence-electron chi connectivity index (χ2n) is 9.82. The van der Waals surface area contributed by atoms with Crippen molar-refractivity contribution in [2.24, 2.45) is 5.92 Å². The van der Waals surface area contributed by atoms with Crippen LogP contribution in [0.4, 0.5) is 10.1 Å². The summed E-state index contributed by atoms with van der Waals surface area (Å²) in [7, 11) is 0. The zero-order valence-corrected chi connectivity index (χ0v) is 20.4. The molecule has 2 aromatic carbocycles. The van der Waals surface area contributed by atoms with E-state index in [1.165, 1.54) is 12.1 Å². The van der Waals surface area contributed by atoms with E-state index in [-0.39, 0.29) is 42.5 Å². The van der Waals surface area contributed by atoms with Gasteiger partial charge in [0, 0.05) is 31.7 Å². The molecule has 0 atom stereocenters. The highest BCUT2D eigenvalue weighted by molar-refractivity contribution is 5.96. The monoisotopic (exact) mass is 480 g/mol. The number of carbonyl (C=O) groups excluding carboxylic acids is 3. The lowest BCUT2D eigenvalue weighted by Crippen LogP contribution is -2.57. The van der Waals surface area contributed by atoms with Gasteiger partial charge < -0.3 is 20.0 Å². The predicted octanol–water partition coefficient (Wildman–Crippen LogP) is 3.16. The van der Waals surface area contributed by atoms with Crippen molar-refractivity contribution in [3.63, 3.8) is 0 Å². The molecule has 1 spiro atoms. The lowest BCUT2D eigenvalue weighted by molar-refractivity contribution is -0.140. The van der Waals surface area contributed by atoms with Gasteiger partial charge in [0.05, 0.1) is 6.67 Å². The summed E-state index contributed by atoms with van der Waals surface area (Å²) >= 11 is 0. The van der Waals surface area contributed by atoms with E-state index in [0.717, 1.165) is 11.3 Å². The molecule has 35 heavy (non-hydrogen) atoms. The summed E-state index contributed by atoms with van der Waals surface area (Å²) in [6, 6.07) is 15.7. The van der Waals surface area contributed by atoms with E-state index in [2.05, 4.69) is 10.2 Å². The third-order valence-corrected chi connectivity index (χ3v) is 6.85. The Bertz CT molecular complexity index is 1050. The molecule has 2 aliphatic rings. The summed E-state index contributed by atoms with van der Waals surface area (Å²) < 4.78 is 13.1. The van der Waals surface area contributed by atoms with Gasteiger partial charge in [-0.2, -0.15) is 0 Å². The van der Waals surface area contributed by atoms with Gasteiger partial charge in [-0.25, -0.2) is 4.39 Å². The van der Waals surface area contributed by atoms with Crippen LogP contribution in [0.25, 0.3) is 0 Å². The van der Waals surface area contributed by atoms with Crippen molar-refractivity contribution in [1.82, 2.24) is 15.1 Å². The fraction of sp³-hybridized carbons (Fsp3) is 0.444. The first-order valence-corrected chi connectivity index (χ1v) is 12.2. The van der Waals surface area contributed by atoms with E-state index < -0.39 is 5.54 Å². The molecule has 8 heteroatoms. The first-order chi connectivity index (χ1) is 16.8. The summed E-state index contributed by atoms with van der Waals surface area (Å²) in [6.07, 6.45) is 1.56. The number of likely N-dealkylation sites (tertiary alicyclic amines) is 1. The Morgan fingerprint density at radius 1 is 1.03 bits per heavy atom. The van der Waals surface area contributed by atoms with Crippen molar-refractivity contribution in [3.8, 4) is 0 Å². The van der Waals surface area contributed by atoms with Crippen molar-refractivity contribution in [2.45, 2.75) is 45.2 Å². The molecule has 2 saturated heterocycles. The van der Waals surface area contributed by atoms with Crippen LogP contribution in [0, 0.1) is 11.7 Å². The average molecular weight is 481 g/mol. The molecule has 0 bridgehead atoms. The maximum absolute atomic E-state index is 13.7. The molecule has 3 amide bonds. The number of halogens is 1. The number of amides is 3. The Labute approximate surface area is 205 Å². The highest BCUT2D eigenvalue weighted by Crippen LogP contribution is 2.39. The van der Waals surface area contributed by atoms with E-state index in [0.29, 0.717) is 39.0 Å². The molecule has 1 N–H and O–H groups in total. The third kappa shape index (κ3) is 5.47. The van der Waals surface area contributed by atoms with Crippen molar-refractivity contribution in [1.29, 1.82) is 0 Å². The van der Waals surface area contributed by atoms with Gasteiger partial charge in [-0.05, 0) is 48.6 Å². The second kappa shape index (κ2) is 10.5. The summed E-state index contributed by atoms with van der Waals surface area (Å²) in [5.41, 5.74) is 0.943. The molecule has 0 saturated carbocycles. The minimum Gasteiger partial charge on any atom is -0.350 e. The standard InChI is InChI=1S/C27H33FN4O3/c1-20(2)16-25(34)30-14-12-27(13-15-30)26(35)31(19-32(27)23-6-4-3-5-7-23)18-24(33)29-17-21-8-10-22(28)11-9-21/h3-11,20H,12-19H2,1-2H3,(H,29,33). The fourth-order valence-electron chi connectivity index (χ4n) is 4.96. The summed E-state index contributed by atoms with van der Waals surface area (Å²) in [6.45, 7) is 5.62.